The van der Waals surface area contributed by atoms with Crippen molar-refractivity contribution in [1.29, 1.82) is 0 Å². The lowest BCUT2D eigenvalue weighted by atomic mass is 10.0. The third kappa shape index (κ3) is 1.58. The molecule has 0 aromatic heterocycles. The van der Waals surface area contributed by atoms with Gasteiger partial charge in [0, 0.05) is 0 Å². The van der Waals surface area contributed by atoms with Crippen molar-refractivity contribution in [3.8, 4) is 0 Å². The molecule has 0 spiro atoms. The van der Waals surface area contributed by atoms with Gasteiger partial charge in [0.2, 0.25) is 0 Å². The Hall–Kier alpha value is -2.10. The predicted octanol–water partition coefficient (Wildman–Crippen LogP) is 3.06. The lowest BCUT2D eigenvalue weighted by Crippen LogP contribution is -1.96. The van der Waals surface area contributed by atoms with Crippen LogP contribution in [-0.2, 0) is 0 Å². The maximum atomic E-state index is 12.7. The van der Waals surface area contributed by atoms with Crippen molar-refractivity contribution >= 4 is 22.8 Å². The molecule has 80 valence electrons. The van der Waals surface area contributed by atoms with E-state index in [-0.39, 0.29) is 21.9 Å². The molecule has 0 aliphatic heterocycles. The fourth-order valence-corrected chi connectivity index (χ4v) is 1.65. The first-order valence-electron chi connectivity index (χ1n) is 4.52. The van der Waals surface area contributed by atoms with Gasteiger partial charge in [0.1, 0.15) is 0 Å². The van der Waals surface area contributed by atoms with Crippen molar-refractivity contribution in [2.24, 2.45) is 0 Å². The Morgan fingerprint density at radius 1 is 0.750 bits per heavy atom. The molecule has 0 saturated carbocycles. The van der Waals surface area contributed by atoms with E-state index in [2.05, 4.69) is 0 Å². The molecule has 2 aromatic rings. The van der Waals surface area contributed by atoms with E-state index in [9.17, 15) is 18.4 Å². The zero-order valence-electron chi connectivity index (χ0n) is 8.04. The summed E-state index contributed by atoms with van der Waals surface area (Å²) in [5.41, 5.74) is -0.332. The molecule has 2 rings (SSSR count). The molecule has 2 nitrogen and oxygen atoms in total. The summed E-state index contributed by atoms with van der Waals surface area (Å²) < 4.78 is 25.4. The molecule has 0 N–H and O–H groups in total. The second-order valence-electron chi connectivity index (χ2n) is 3.25. The molecule has 0 amide bonds. The molecule has 0 bridgehead atoms. The molecule has 16 heavy (non-hydrogen) atoms. The standard InChI is InChI=1S/C12H6F2O2/c13-11(15)9-5-1-3-7-8(9)4-2-6-10(7)12(14)16/h1-6H. The molecular weight excluding hydrogens is 214 g/mol. The first-order chi connectivity index (χ1) is 7.61. The zero-order chi connectivity index (χ0) is 11.7. The fraction of sp³-hybridized carbons (Fsp3) is 0. The van der Waals surface area contributed by atoms with Crippen molar-refractivity contribution in [3.63, 3.8) is 0 Å². The highest BCUT2D eigenvalue weighted by Crippen LogP contribution is 2.23. The summed E-state index contributed by atoms with van der Waals surface area (Å²) in [7, 11) is 0. The van der Waals surface area contributed by atoms with Gasteiger partial charge in [-0.2, -0.15) is 8.78 Å². The number of hydrogen-bond acceptors (Lipinski definition) is 2. The first kappa shape index (κ1) is 10.4. The van der Waals surface area contributed by atoms with E-state index in [0.717, 1.165) is 0 Å². The molecule has 0 unspecified atom stereocenters. The van der Waals surface area contributed by atoms with Gasteiger partial charge in [-0.15, -0.1) is 0 Å². The van der Waals surface area contributed by atoms with Crippen LogP contribution in [0.1, 0.15) is 20.7 Å². The van der Waals surface area contributed by atoms with E-state index in [1.807, 2.05) is 0 Å². The van der Waals surface area contributed by atoms with Crippen LogP contribution in [0.5, 0.6) is 0 Å². The van der Waals surface area contributed by atoms with Crippen molar-refractivity contribution in [2.45, 2.75) is 0 Å². The van der Waals surface area contributed by atoms with Crippen LogP contribution < -0.4 is 0 Å². The number of halogens is 2. The molecule has 0 aliphatic carbocycles. The Bertz CT molecular complexity index is 537. The van der Waals surface area contributed by atoms with Crippen LogP contribution >= 0.6 is 0 Å². The van der Waals surface area contributed by atoms with Gasteiger partial charge < -0.3 is 0 Å². The maximum Gasteiger partial charge on any atom is 0.332 e. The van der Waals surface area contributed by atoms with E-state index < -0.39 is 12.1 Å². The topological polar surface area (TPSA) is 34.1 Å². The number of carbonyl (C=O) groups excluding carboxylic acids is 2. The van der Waals surface area contributed by atoms with E-state index in [4.69, 9.17) is 0 Å². The van der Waals surface area contributed by atoms with Crippen LogP contribution in [0.3, 0.4) is 0 Å². The van der Waals surface area contributed by atoms with Gasteiger partial charge in [-0.1, -0.05) is 24.3 Å². The minimum atomic E-state index is -1.60. The molecule has 0 fully saturated rings. The second kappa shape index (κ2) is 3.81. The Balaban J connectivity index is 2.86. The Labute approximate surface area is 89.5 Å². The summed E-state index contributed by atoms with van der Waals surface area (Å²) in [4.78, 5) is 21.4. The SMILES string of the molecule is O=C(F)c1cccc2c(C(=O)F)cccc12. The minimum Gasteiger partial charge on any atom is -0.255 e. The van der Waals surface area contributed by atoms with Gasteiger partial charge in [0.15, 0.2) is 0 Å². The minimum absolute atomic E-state index is 0.166. The molecular formula is C12H6F2O2. The average molecular weight is 220 g/mol. The highest BCUT2D eigenvalue weighted by Gasteiger charge is 2.13. The highest BCUT2D eigenvalue weighted by molar-refractivity contribution is 6.10. The third-order valence-corrected chi connectivity index (χ3v) is 2.35. The number of benzene rings is 2. The monoisotopic (exact) mass is 220 g/mol. The second-order valence-corrected chi connectivity index (χ2v) is 3.25. The summed E-state index contributed by atoms with van der Waals surface area (Å²) in [5.74, 6) is 0. The third-order valence-electron chi connectivity index (χ3n) is 2.35. The van der Waals surface area contributed by atoms with Crippen molar-refractivity contribution in [3.05, 3.63) is 47.5 Å². The van der Waals surface area contributed by atoms with Gasteiger partial charge in [0.05, 0.1) is 11.1 Å². The Morgan fingerprint density at radius 2 is 1.12 bits per heavy atom. The van der Waals surface area contributed by atoms with Crippen LogP contribution in [0.2, 0.25) is 0 Å². The van der Waals surface area contributed by atoms with E-state index in [1.54, 1.807) is 0 Å². The summed E-state index contributed by atoms with van der Waals surface area (Å²) >= 11 is 0. The quantitative estimate of drug-likeness (QED) is 0.729. The molecule has 4 heteroatoms. The van der Waals surface area contributed by atoms with Crippen LogP contribution in [0, 0.1) is 0 Å². The molecule has 0 saturated heterocycles. The molecule has 0 atom stereocenters. The van der Waals surface area contributed by atoms with Gasteiger partial charge in [-0.05, 0) is 22.9 Å². The summed E-state index contributed by atoms with van der Waals surface area (Å²) in [5, 5.41) is 0.469. The number of carbonyl (C=O) groups is 2. The summed E-state index contributed by atoms with van der Waals surface area (Å²) in [6.45, 7) is 0. The normalized spacial score (nSPS) is 10.4. The number of rotatable bonds is 2. The van der Waals surface area contributed by atoms with Crippen molar-refractivity contribution < 1.29 is 18.4 Å². The zero-order valence-corrected chi connectivity index (χ0v) is 8.04. The van der Waals surface area contributed by atoms with E-state index in [0.29, 0.717) is 0 Å². The first-order valence-corrected chi connectivity index (χ1v) is 4.52. The fourth-order valence-electron chi connectivity index (χ4n) is 1.65. The Kier molecular flexibility index (Phi) is 2.48. The highest BCUT2D eigenvalue weighted by atomic mass is 19.1. The summed E-state index contributed by atoms with van der Waals surface area (Å²) in [6, 6.07) is 5.11. The number of hydrogen-bond donors (Lipinski definition) is 0. The van der Waals surface area contributed by atoms with Crippen molar-refractivity contribution in [1.82, 2.24) is 0 Å². The molecule has 2 aromatic carbocycles. The van der Waals surface area contributed by atoms with E-state index in [1.165, 1.54) is 36.4 Å². The van der Waals surface area contributed by atoms with Crippen LogP contribution in [0.25, 0.3) is 10.8 Å². The van der Waals surface area contributed by atoms with Gasteiger partial charge >= 0.3 is 12.1 Å². The van der Waals surface area contributed by atoms with Gasteiger partial charge in [0.25, 0.3) is 0 Å². The Morgan fingerprint density at radius 3 is 1.44 bits per heavy atom. The van der Waals surface area contributed by atoms with Gasteiger partial charge in [-0.3, -0.25) is 9.59 Å². The largest absolute Gasteiger partial charge is 0.332 e. The smallest absolute Gasteiger partial charge is 0.255 e. The lowest BCUT2D eigenvalue weighted by molar-refractivity contribution is 0.0826. The van der Waals surface area contributed by atoms with Crippen LogP contribution in [-0.4, -0.2) is 12.1 Å². The van der Waals surface area contributed by atoms with E-state index >= 15 is 0 Å². The van der Waals surface area contributed by atoms with Crippen molar-refractivity contribution in [2.75, 3.05) is 0 Å². The molecule has 0 aliphatic rings. The van der Waals surface area contributed by atoms with Gasteiger partial charge in [-0.25, -0.2) is 0 Å². The average Bonchev–Trinajstić information content (AvgIpc) is 2.27. The molecule has 0 heterocycles. The molecule has 0 radical (unpaired) electrons. The summed E-state index contributed by atoms with van der Waals surface area (Å²) in [6.07, 6.45) is 0. The van der Waals surface area contributed by atoms with Crippen LogP contribution in [0.15, 0.2) is 36.4 Å². The van der Waals surface area contributed by atoms with Crippen LogP contribution in [0.4, 0.5) is 8.78 Å². The predicted molar refractivity (Wildman–Crippen MR) is 54.8 cm³/mol. The maximum absolute atomic E-state index is 12.7. The lowest BCUT2D eigenvalue weighted by Gasteiger charge is -2.03. The number of fused-ring (bicyclic) bond motifs is 1.